The summed E-state index contributed by atoms with van der Waals surface area (Å²) in [6.45, 7) is 8.83. The zero-order valence-corrected chi connectivity index (χ0v) is 17.0. The monoisotopic (exact) mass is 397 g/mol. The largest absolute Gasteiger partial charge is 0.351 e. The van der Waals surface area contributed by atoms with E-state index in [2.05, 4.69) is 39.7 Å². The number of aromatic nitrogens is 1. The number of carbonyl (C=O) groups excluding carboxylic acids is 3. The minimum atomic E-state index is -0.338. The molecule has 0 fully saturated rings. The number of carbonyl (C=O) groups is 3. The highest BCUT2D eigenvalue weighted by Crippen LogP contribution is 2.13. The number of benzene rings is 1. The number of anilines is 2. The second-order valence-electron chi connectivity index (χ2n) is 6.43. The molecule has 1 aromatic carbocycles. The third-order valence-electron chi connectivity index (χ3n) is 4.34. The standard InChI is InChI=1S/C21H27N5O3/c1-4-26(5-2)13-12-23-20(28)16-6-8-18(9-7-16)25-21(29)17-10-11-22-19(14-17)24-15(3)27/h6-11,14H,4-5,12-13H2,1-3H3,(H,23,28)(H,25,29)(H,22,24,27). The van der Waals surface area contributed by atoms with Crippen molar-refractivity contribution in [2.45, 2.75) is 20.8 Å². The van der Waals surface area contributed by atoms with Crippen molar-refractivity contribution in [2.24, 2.45) is 0 Å². The van der Waals surface area contributed by atoms with Crippen molar-refractivity contribution in [3.63, 3.8) is 0 Å². The van der Waals surface area contributed by atoms with Crippen LogP contribution in [-0.2, 0) is 4.79 Å². The van der Waals surface area contributed by atoms with E-state index in [1.807, 2.05) is 0 Å². The van der Waals surface area contributed by atoms with Gasteiger partial charge in [-0.1, -0.05) is 13.8 Å². The van der Waals surface area contributed by atoms with E-state index >= 15 is 0 Å². The van der Waals surface area contributed by atoms with Crippen LogP contribution in [0.4, 0.5) is 11.5 Å². The van der Waals surface area contributed by atoms with Crippen LogP contribution >= 0.6 is 0 Å². The van der Waals surface area contributed by atoms with Crippen molar-refractivity contribution in [3.8, 4) is 0 Å². The van der Waals surface area contributed by atoms with Gasteiger partial charge in [0.05, 0.1) is 0 Å². The average Bonchev–Trinajstić information content (AvgIpc) is 2.71. The number of pyridine rings is 1. The summed E-state index contributed by atoms with van der Waals surface area (Å²) in [6, 6.07) is 9.72. The van der Waals surface area contributed by atoms with Crippen LogP contribution in [0.15, 0.2) is 42.6 Å². The predicted octanol–water partition coefficient (Wildman–Crippen LogP) is 2.36. The summed E-state index contributed by atoms with van der Waals surface area (Å²) < 4.78 is 0. The Morgan fingerprint density at radius 2 is 1.62 bits per heavy atom. The van der Waals surface area contributed by atoms with Gasteiger partial charge in [-0.25, -0.2) is 4.98 Å². The lowest BCUT2D eigenvalue weighted by molar-refractivity contribution is -0.114. The molecule has 0 saturated carbocycles. The first-order valence-corrected chi connectivity index (χ1v) is 9.58. The molecule has 0 atom stereocenters. The van der Waals surface area contributed by atoms with Gasteiger partial charge in [0.1, 0.15) is 5.82 Å². The van der Waals surface area contributed by atoms with Crippen LogP contribution in [0.3, 0.4) is 0 Å². The van der Waals surface area contributed by atoms with Gasteiger partial charge >= 0.3 is 0 Å². The van der Waals surface area contributed by atoms with Crippen LogP contribution < -0.4 is 16.0 Å². The van der Waals surface area contributed by atoms with Crippen LogP contribution in [0.5, 0.6) is 0 Å². The van der Waals surface area contributed by atoms with E-state index < -0.39 is 0 Å². The van der Waals surface area contributed by atoms with E-state index in [4.69, 9.17) is 0 Å². The lowest BCUT2D eigenvalue weighted by atomic mass is 10.2. The Bertz CT molecular complexity index is 848. The van der Waals surface area contributed by atoms with Crippen LogP contribution in [0, 0.1) is 0 Å². The quantitative estimate of drug-likeness (QED) is 0.603. The maximum Gasteiger partial charge on any atom is 0.255 e. The van der Waals surface area contributed by atoms with Gasteiger partial charge in [-0.3, -0.25) is 14.4 Å². The van der Waals surface area contributed by atoms with E-state index in [9.17, 15) is 14.4 Å². The van der Waals surface area contributed by atoms with Crippen molar-refractivity contribution in [2.75, 3.05) is 36.8 Å². The van der Waals surface area contributed by atoms with E-state index in [1.165, 1.54) is 19.2 Å². The zero-order chi connectivity index (χ0) is 21.2. The third-order valence-corrected chi connectivity index (χ3v) is 4.34. The molecule has 8 nitrogen and oxygen atoms in total. The number of nitrogens with one attached hydrogen (secondary N) is 3. The molecular weight excluding hydrogens is 370 g/mol. The maximum absolute atomic E-state index is 12.4. The molecule has 0 radical (unpaired) electrons. The lowest BCUT2D eigenvalue weighted by Gasteiger charge is -2.18. The second kappa shape index (κ2) is 10.9. The topological polar surface area (TPSA) is 103 Å². The van der Waals surface area contributed by atoms with Gasteiger partial charge in [-0.15, -0.1) is 0 Å². The second-order valence-corrected chi connectivity index (χ2v) is 6.43. The molecule has 1 aromatic heterocycles. The van der Waals surface area contributed by atoms with Crippen LogP contribution in [-0.4, -0.2) is 53.8 Å². The molecule has 0 aliphatic rings. The van der Waals surface area contributed by atoms with Crippen molar-refractivity contribution < 1.29 is 14.4 Å². The van der Waals surface area contributed by atoms with Crippen molar-refractivity contribution in [1.29, 1.82) is 0 Å². The fraction of sp³-hybridized carbons (Fsp3) is 0.333. The normalized spacial score (nSPS) is 10.5. The van der Waals surface area contributed by atoms with E-state index in [1.54, 1.807) is 30.3 Å². The summed E-state index contributed by atoms with van der Waals surface area (Å²) in [5.74, 6) is -0.442. The number of nitrogens with zero attached hydrogens (tertiary/aromatic N) is 2. The van der Waals surface area contributed by atoms with E-state index in [0.29, 0.717) is 29.2 Å². The molecule has 154 valence electrons. The summed E-state index contributed by atoms with van der Waals surface area (Å²) >= 11 is 0. The lowest BCUT2D eigenvalue weighted by Crippen LogP contribution is -2.34. The number of hydrogen-bond donors (Lipinski definition) is 3. The van der Waals surface area contributed by atoms with Crippen LogP contribution in [0.25, 0.3) is 0 Å². The zero-order valence-electron chi connectivity index (χ0n) is 17.0. The van der Waals surface area contributed by atoms with E-state index in [-0.39, 0.29) is 17.7 Å². The predicted molar refractivity (Wildman–Crippen MR) is 113 cm³/mol. The molecule has 0 bridgehead atoms. The Labute approximate surface area is 170 Å². The number of amides is 3. The van der Waals surface area contributed by atoms with Gasteiger partial charge in [-0.2, -0.15) is 0 Å². The highest BCUT2D eigenvalue weighted by Gasteiger charge is 2.10. The van der Waals surface area contributed by atoms with Gasteiger partial charge in [0.15, 0.2) is 0 Å². The molecule has 1 heterocycles. The molecule has 2 aromatic rings. The van der Waals surface area contributed by atoms with Crippen molar-refractivity contribution >= 4 is 29.2 Å². The van der Waals surface area contributed by atoms with Gasteiger partial charge in [0.2, 0.25) is 5.91 Å². The molecule has 8 heteroatoms. The number of hydrogen-bond acceptors (Lipinski definition) is 5. The van der Waals surface area contributed by atoms with Crippen LogP contribution in [0.2, 0.25) is 0 Å². The Kier molecular flexibility index (Phi) is 8.29. The maximum atomic E-state index is 12.4. The average molecular weight is 397 g/mol. The Hall–Kier alpha value is -3.26. The van der Waals surface area contributed by atoms with Gasteiger partial charge in [0, 0.05) is 43.0 Å². The Balaban J connectivity index is 1.92. The SMILES string of the molecule is CCN(CC)CCNC(=O)c1ccc(NC(=O)c2ccnc(NC(C)=O)c2)cc1. The fourth-order valence-electron chi connectivity index (χ4n) is 2.70. The summed E-state index contributed by atoms with van der Waals surface area (Å²) in [5, 5.41) is 8.19. The van der Waals surface area contributed by atoms with Crippen LogP contribution in [0.1, 0.15) is 41.5 Å². The molecule has 0 saturated heterocycles. The number of rotatable bonds is 9. The first-order chi connectivity index (χ1) is 13.9. The summed E-state index contributed by atoms with van der Waals surface area (Å²) in [6.07, 6.45) is 1.45. The molecular formula is C21H27N5O3. The molecule has 0 spiro atoms. The molecule has 3 amide bonds. The molecule has 0 aliphatic carbocycles. The van der Waals surface area contributed by atoms with Gasteiger partial charge in [-0.05, 0) is 49.5 Å². The highest BCUT2D eigenvalue weighted by atomic mass is 16.2. The molecule has 0 unspecified atom stereocenters. The first-order valence-electron chi connectivity index (χ1n) is 9.58. The molecule has 0 aliphatic heterocycles. The van der Waals surface area contributed by atoms with Crippen molar-refractivity contribution in [1.82, 2.24) is 15.2 Å². The van der Waals surface area contributed by atoms with E-state index in [0.717, 1.165) is 19.6 Å². The van der Waals surface area contributed by atoms with Crippen molar-refractivity contribution in [3.05, 3.63) is 53.7 Å². The third kappa shape index (κ3) is 7.00. The Morgan fingerprint density at radius 1 is 0.931 bits per heavy atom. The molecule has 3 N–H and O–H groups in total. The highest BCUT2D eigenvalue weighted by molar-refractivity contribution is 6.05. The smallest absolute Gasteiger partial charge is 0.255 e. The summed E-state index contributed by atoms with van der Waals surface area (Å²) in [5.41, 5.74) is 1.45. The minimum Gasteiger partial charge on any atom is -0.351 e. The Morgan fingerprint density at radius 3 is 2.24 bits per heavy atom. The number of likely N-dealkylation sites (N-methyl/N-ethyl adjacent to an activating group) is 1. The van der Waals surface area contributed by atoms with Gasteiger partial charge in [0.25, 0.3) is 11.8 Å². The summed E-state index contributed by atoms with van der Waals surface area (Å²) in [7, 11) is 0. The molecule has 2 rings (SSSR count). The fourth-order valence-corrected chi connectivity index (χ4v) is 2.70. The first kappa shape index (κ1) is 22.0. The van der Waals surface area contributed by atoms with Gasteiger partial charge < -0.3 is 20.9 Å². The summed E-state index contributed by atoms with van der Waals surface area (Å²) in [4.78, 5) is 42.0. The minimum absolute atomic E-state index is 0.149. The molecule has 29 heavy (non-hydrogen) atoms.